The Balaban J connectivity index is 2.72. The van der Waals surface area contributed by atoms with Crippen molar-refractivity contribution in [1.82, 2.24) is 10.6 Å². The smallest absolute Gasteiger partial charge is 0.408 e. The van der Waals surface area contributed by atoms with Crippen molar-refractivity contribution in [3.63, 3.8) is 0 Å². The third-order valence-electron chi connectivity index (χ3n) is 4.18. The van der Waals surface area contributed by atoms with E-state index in [2.05, 4.69) is 10.6 Å². The van der Waals surface area contributed by atoms with Gasteiger partial charge in [0, 0.05) is 0 Å². The summed E-state index contributed by atoms with van der Waals surface area (Å²) in [6.07, 6.45) is -2.51. The molecule has 4 atom stereocenters. The molecule has 4 N–H and O–H groups in total. The van der Waals surface area contributed by atoms with Gasteiger partial charge in [0.15, 0.2) is 0 Å². The number of nitrogens with one attached hydrogen (secondary N) is 2. The first kappa shape index (κ1) is 24.9. The zero-order valence-electron chi connectivity index (χ0n) is 17.2. The third-order valence-corrected chi connectivity index (χ3v) is 4.18. The van der Waals surface area contributed by atoms with Gasteiger partial charge in [0.2, 0.25) is 5.91 Å². The molecule has 0 saturated carbocycles. The van der Waals surface area contributed by atoms with E-state index in [0.717, 1.165) is 5.56 Å². The molecule has 0 radical (unpaired) electrons. The van der Waals surface area contributed by atoms with E-state index in [0.29, 0.717) is 0 Å². The summed E-state index contributed by atoms with van der Waals surface area (Å²) in [6, 6.07) is 5.95. The molecule has 2 amide bonds. The number of ether oxygens (including phenoxy) is 2. The SMILES string of the molecule is CCOC(=O)C[C@H](C)[C@@H](NC(=O)[C@@H](NC(=O)OCc1ccccc1)[C@@H](C)O)C(=O)O. The molecular formula is C20H28N2O8. The number of carboxylic acid groups (broad SMARTS) is 1. The van der Waals surface area contributed by atoms with E-state index in [4.69, 9.17) is 9.47 Å². The highest BCUT2D eigenvalue weighted by atomic mass is 16.5. The molecule has 0 fully saturated rings. The Morgan fingerprint density at radius 1 is 1.00 bits per heavy atom. The monoisotopic (exact) mass is 424 g/mol. The standard InChI is InChI=1S/C20H28N2O8/c1-4-29-15(24)10-12(2)16(19(26)27)21-18(25)17(13(3)23)22-20(28)30-11-14-8-6-5-7-9-14/h5-9,12-13,16-17,23H,4,10-11H2,1-3H3,(H,21,25)(H,22,28)(H,26,27)/t12-,13+,16+,17-/m0/s1. The van der Waals surface area contributed by atoms with Gasteiger partial charge in [-0.2, -0.15) is 0 Å². The molecule has 0 saturated heterocycles. The number of aliphatic carboxylic acids is 1. The van der Waals surface area contributed by atoms with Crippen LogP contribution >= 0.6 is 0 Å². The molecule has 166 valence electrons. The number of carboxylic acids is 1. The lowest BCUT2D eigenvalue weighted by Gasteiger charge is -2.25. The summed E-state index contributed by atoms with van der Waals surface area (Å²) in [4.78, 5) is 47.7. The van der Waals surface area contributed by atoms with Crippen molar-refractivity contribution in [1.29, 1.82) is 0 Å². The second-order valence-corrected chi connectivity index (χ2v) is 6.74. The molecule has 0 aliphatic rings. The Kier molecular flexibility index (Phi) is 10.3. The molecule has 0 spiro atoms. The summed E-state index contributed by atoms with van der Waals surface area (Å²) in [5.41, 5.74) is 0.726. The van der Waals surface area contributed by atoms with Crippen LogP contribution in [0.1, 0.15) is 32.8 Å². The number of amides is 2. The van der Waals surface area contributed by atoms with Gasteiger partial charge in [-0.3, -0.25) is 9.59 Å². The van der Waals surface area contributed by atoms with Gasteiger partial charge in [0.05, 0.1) is 19.1 Å². The summed E-state index contributed by atoms with van der Waals surface area (Å²) in [7, 11) is 0. The number of rotatable bonds is 11. The Bertz CT molecular complexity index is 723. The van der Waals surface area contributed by atoms with Crippen LogP contribution in [-0.2, 0) is 30.5 Å². The number of carbonyl (C=O) groups is 4. The topological polar surface area (TPSA) is 151 Å². The van der Waals surface area contributed by atoms with Crippen LogP contribution in [0.4, 0.5) is 4.79 Å². The Labute approximate surface area is 174 Å². The fourth-order valence-electron chi connectivity index (χ4n) is 2.59. The fraction of sp³-hybridized carbons (Fsp3) is 0.500. The predicted molar refractivity (Wildman–Crippen MR) is 105 cm³/mol. The largest absolute Gasteiger partial charge is 0.480 e. The summed E-state index contributed by atoms with van der Waals surface area (Å²) in [5, 5.41) is 23.7. The van der Waals surface area contributed by atoms with E-state index in [9.17, 15) is 29.4 Å². The molecule has 0 bridgehead atoms. The summed E-state index contributed by atoms with van der Waals surface area (Å²) in [6.45, 7) is 4.45. The van der Waals surface area contributed by atoms with E-state index in [1.54, 1.807) is 37.3 Å². The zero-order chi connectivity index (χ0) is 22.7. The van der Waals surface area contributed by atoms with Crippen molar-refractivity contribution >= 4 is 23.9 Å². The van der Waals surface area contributed by atoms with Crippen LogP contribution < -0.4 is 10.6 Å². The van der Waals surface area contributed by atoms with Gasteiger partial charge in [0.25, 0.3) is 0 Å². The highest BCUT2D eigenvalue weighted by Gasteiger charge is 2.33. The quantitative estimate of drug-likeness (QED) is 0.381. The van der Waals surface area contributed by atoms with Crippen LogP contribution in [0.3, 0.4) is 0 Å². The predicted octanol–water partition coefficient (Wildman–Crippen LogP) is 0.821. The highest BCUT2D eigenvalue weighted by molar-refractivity contribution is 5.90. The Hall–Kier alpha value is -3.14. The summed E-state index contributed by atoms with van der Waals surface area (Å²) < 4.78 is 9.81. The van der Waals surface area contributed by atoms with Crippen molar-refractivity contribution in [2.75, 3.05) is 6.61 Å². The first-order valence-electron chi connectivity index (χ1n) is 9.49. The lowest BCUT2D eigenvalue weighted by molar-refractivity contribution is -0.147. The molecule has 1 aromatic rings. The Morgan fingerprint density at radius 2 is 1.63 bits per heavy atom. The zero-order valence-corrected chi connectivity index (χ0v) is 17.2. The van der Waals surface area contributed by atoms with E-state index >= 15 is 0 Å². The van der Waals surface area contributed by atoms with Gasteiger partial charge in [-0.1, -0.05) is 37.3 Å². The van der Waals surface area contributed by atoms with Gasteiger partial charge < -0.3 is 30.3 Å². The lowest BCUT2D eigenvalue weighted by atomic mass is 9.97. The highest BCUT2D eigenvalue weighted by Crippen LogP contribution is 2.11. The lowest BCUT2D eigenvalue weighted by Crippen LogP contribution is -2.57. The average Bonchev–Trinajstić information content (AvgIpc) is 2.68. The molecule has 30 heavy (non-hydrogen) atoms. The van der Waals surface area contributed by atoms with Crippen LogP contribution in [0.2, 0.25) is 0 Å². The first-order valence-corrected chi connectivity index (χ1v) is 9.49. The molecule has 10 nitrogen and oxygen atoms in total. The van der Waals surface area contributed by atoms with Crippen molar-refractivity contribution in [3.05, 3.63) is 35.9 Å². The molecular weight excluding hydrogens is 396 g/mol. The van der Waals surface area contributed by atoms with Gasteiger partial charge in [0.1, 0.15) is 18.7 Å². The number of benzene rings is 1. The Morgan fingerprint density at radius 3 is 2.17 bits per heavy atom. The van der Waals surface area contributed by atoms with Crippen LogP contribution in [0.5, 0.6) is 0 Å². The van der Waals surface area contributed by atoms with Gasteiger partial charge in [-0.15, -0.1) is 0 Å². The molecule has 0 aromatic heterocycles. The number of aliphatic hydroxyl groups is 1. The second-order valence-electron chi connectivity index (χ2n) is 6.74. The fourth-order valence-corrected chi connectivity index (χ4v) is 2.59. The maximum atomic E-state index is 12.5. The summed E-state index contributed by atoms with van der Waals surface area (Å²) >= 11 is 0. The van der Waals surface area contributed by atoms with Crippen LogP contribution in [0.25, 0.3) is 0 Å². The molecule has 0 unspecified atom stereocenters. The van der Waals surface area contributed by atoms with Gasteiger partial charge in [-0.25, -0.2) is 9.59 Å². The number of hydrogen-bond donors (Lipinski definition) is 4. The van der Waals surface area contributed by atoms with Crippen LogP contribution in [-0.4, -0.2) is 58.9 Å². The van der Waals surface area contributed by atoms with E-state index in [1.165, 1.54) is 13.8 Å². The minimum absolute atomic E-state index is 0.0465. The molecule has 0 heterocycles. The van der Waals surface area contributed by atoms with E-state index in [1.807, 2.05) is 0 Å². The van der Waals surface area contributed by atoms with Crippen molar-refractivity contribution in [3.8, 4) is 0 Å². The molecule has 1 aromatic carbocycles. The molecule has 0 aliphatic carbocycles. The van der Waals surface area contributed by atoms with E-state index < -0.39 is 48.0 Å². The first-order chi connectivity index (χ1) is 14.1. The maximum Gasteiger partial charge on any atom is 0.408 e. The van der Waals surface area contributed by atoms with Crippen molar-refractivity contribution in [2.45, 2.75) is 52.0 Å². The minimum atomic E-state index is -1.45. The number of hydrogen-bond acceptors (Lipinski definition) is 7. The van der Waals surface area contributed by atoms with Crippen molar-refractivity contribution < 1.29 is 38.9 Å². The third kappa shape index (κ3) is 8.48. The number of alkyl carbamates (subject to hydrolysis) is 1. The second kappa shape index (κ2) is 12.4. The number of carbonyl (C=O) groups excluding carboxylic acids is 3. The maximum absolute atomic E-state index is 12.5. The average molecular weight is 424 g/mol. The molecule has 0 aliphatic heterocycles. The molecule has 10 heteroatoms. The van der Waals surface area contributed by atoms with Gasteiger partial charge >= 0.3 is 18.0 Å². The van der Waals surface area contributed by atoms with Crippen molar-refractivity contribution in [2.24, 2.45) is 5.92 Å². The van der Waals surface area contributed by atoms with Gasteiger partial charge in [-0.05, 0) is 25.3 Å². The minimum Gasteiger partial charge on any atom is -0.480 e. The van der Waals surface area contributed by atoms with Crippen LogP contribution in [0.15, 0.2) is 30.3 Å². The van der Waals surface area contributed by atoms with E-state index in [-0.39, 0.29) is 19.6 Å². The normalized spacial score (nSPS) is 14.5. The number of esters is 1. The molecule has 1 rings (SSSR count). The number of aliphatic hydroxyl groups excluding tert-OH is 1. The van der Waals surface area contributed by atoms with Crippen LogP contribution in [0, 0.1) is 5.92 Å². The summed E-state index contributed by atoms with van der Waals surface area (Å²) in [5.74, 6) is -3.67.